The minimum atomic E-state index is 0.604. The lowest BCUT2D eigenvalue weighted by molar-refractivity contribution is 1.07. The van der Waals surface area contributed by atoms with E-state index < -0.39 is 0 Å². The number of hydrogen-bond donors (Lipinski definition) is 0. The first kappa shape index (κ1) is 14.2. The van der Waals surface area contributed by atoms with Gasteiger partial charge in [0, 0.05) is 0 Å². The molecule has 0 bridgehead atoms. The SMILES string of the molecule is C1=NCc2ccc3ccccc3c2-c2c(ccc3ccccc23)CN=1. The minimum absolute atomic E-state index is 0.604. The molecule has 4 aromatic rings. The largest absolute Gasteiger partial charge is 0.221 e. The van der Waals surface area contributed by atoms with Crippen LogP contribution in [0.4, 0.5) is 0 Å². The molecule has 0 amide bonds. The normalized spacial score (nSPS) is 13.1. The molecular formula is C23H16N2. The van der Waals surface area contributed by atoms with E-state index in [9.17, 15) is 0 Å². The molecule has 1 heterocycles. The smallest absolute Gasteiger partial charge is 0.0899 e. The molecule has 25 heavy (non-hydrogen) atoms. The number of benzene rings is 4. The first-order chi connectivity index (χ1) is 12.4. The van der Waals surface area contributed by atoms with E-state index in [1.807, 2.05) is 0 Å². The van der Waals surface area contributed by atoms with Crippen LogP contribution in [-0.4, -0.2) is 6.01 Å². The fourth-order valence-electron chi connectivity index (χ4n) is 3.78. The third kappa shape index (κ3) is 2.27. The maximum Gasteiger partial charge on any atom is 0.0899 e. The minimum Gasteiger partial charge on any atom is -0.221 e. The van der Waals surface area contributed by atoms with E-state index in [4.69, 9.17) is 0 Å². The second-order valence-corrected chi connectivity index (χ2v) is 6.37. The Hall–Kier alpha value is -3.22. The standard InChI is InChI=1S/C23H16N2/c1-3-7-20-16(5-1)9-11-18-13-24-15-25-14-19-12-10-17-6-2-4-8-21(17)23(19)22(18)20/h1-12H,13-14H2. The summed E-state index contributed by atoms with van der Waals surface area (Å²) in [4.78, 5) is 8.77. The lowest BCUT2D eigenvalue weighted by Crippen LogP contribution is -1.95. The van der Waals surface area contributed by atoms with Gasteiger partial charge in [-0.2, -0.15) is 0 Å². The first-order valence-corrected chi connectivity index (χ1v) is 8.51. The summed E-state index contributed by atoms with van der Waals surface area (Å²) >= 11 is 0. The summed E-state index contributed by atoms with van der Waals surface area (Å²) in [5, 5.41) is 5.05. The van der Waals surface area contributed by atoms with Gasteiger partial charge in [-0.1, -0.05) is 72.8 Å². The summed E-state index contributed by atoms with van der Waals surface area (Å²) in [5.74, 6) is 0. The number of hydrogen-bond acceptors (Lipinski definition) is 2. The van der Waals surface area contributed by atoms with Gasteiger partial charge in [0.05, 0.1) is 19.1 Å². The molecule has 4 aromatic carbocycles. The Bertz CT molecular complexity index is 1090. The van der Waals surface area contributed by atoms with Crippen molar-refractivity contribution in [1.82, 2.24) is 0 Å². The summed E-state index contributed by atoms with van der Waals surface area (Å²) in [6.45, 7) is 1.21. The average Bonchev–Trinajstić information content (AvgIpc) is 2.76. The third-order valence-electron chi connectivity index (χ3n) is 4.92. The molecular weight excluding hydrogens is 304 g/mol. The van der Waals surface area contributed by atoms with Crippen LogP contribution in [0.2, 0.25) is 0 Å². The van der Waals surface area contributed by atoms with Crippen LogP contribution < -0.4 is 0 Å². The van der Waals surface area contributed by atoms with Gasteiger partial charge in [-0.3, -0.25) is 0 Å². The summed E-state index contributed by atoms with van der Waals surface area (Å²) in [7, 11) is 0. The molecule has 0 aromatic heterocycles. The third-order valence-corrected chi connectivity index (χ3v) is 4.92. The Morgan fingerprint density at radius 3 is 1.56 bits per heavy atom. The van der Waals surface area contributed by atoms with Crippen molar-refractivity contribution < 1.29 is 0 Å². The molecule has 5 rings (SSSR count). The maximum absolute atomic E-state index is 4.39. The molecule has 2 heteroatoms. The Labute approximate surface area is 146 Å². The van der Waals surface area contributed by atoms with Crippen molar-refractivity contribution in [2.24, 2.45) is 9.98 Å². The molecule has 0 fully saturated rings. The van der Waals surface area contributed by atoms with Crippen molar-refractivity contribution in [2.45, 2.75) is 13.1 Å². The molecule has 118 valence electrons. The molecule has 1 aliphatic rings. The highest BCUT2D eigenvalue weighted by molar-refractivity contribution is 6.07. The molecule has 0 aliphatic carbocycles. The highest BCUT2D eigenvalue weighted by Crippen LogP contribution is 2.39. The van der Waals surface area contributed by atoms with Gasteiger partial charge in [-0.25, -0.2) is 9.98 Å². The van der Waals surface area contributed by atoms with Gasteiger partial charge in [-0.05, 0) is 43.8 Å². The van der Waals surface area contributed by atoms with Crippen molar-refractivity contribution in [3.8, 4) is 11.1 Å². The fourth-order valence-corrected chi connectivity index (χ4v) is 3.78. The zero-order valence-corrected chi connectivity index (χ0v) is 13.7. The summed E-state index contributed by atoms with van der Waals surface area (Å²) in [6.07, 6.45) is 0. The summed E-state index contributed by atoms with van der Waals surface area (Å²) in [5.41, 5.74) is 5.02. The number of aliphatic imine (C=N–C) groups is 2. The molecule has 0 radical (unpaired) electrons. The van der Waals surface area contributed by atoms with E-state index >= 15 is 0 Å². The van der Waals surface area contributed by atoms with E-state index in [2.05, 4.69) is 88.8 Å². The molecule has 0 spiro atoms. The van der Waals surface area contributed by atoms with Crippen LogP contribution in [0.3, 0.4) is 0 Å². The lowest BCUT2D eigenvalue weighted by atomic mass is 9.87. The van der Waals surface area contributed by atoms with Gasteiger partial charge in [0.15, 0.2) is 0 Å². The highest BCUT2D eigenvalue weighted by atomic mass is 14.8. The maximum atomic E-state index is 4.39. The second kappa shape index (κ2) is 5.70. The molecule has 0 saturated carbocycles. The van der Waals surface area contributed by atoms with E-state index in [-0.39, 0.29) is 0 Å². The Balaban J connectivity index is 2.00. The molecule has 2 nitrogen and oxygen atoms in total. The topological polar surface area (TPSA) is 24.7 Å². The van der Waals surface area contributed by atoms with Crippen LogP contribution >= 0.6 is 0 Å². The zero-order valence-electron chi connectivity index (χ0n) is 13.7. The van der Waals surface area contributed by atoms with Crippen LogP contribution in [0, 0.1) is 0 Å². The number of nitrogens with zero attached hydrogens (tertiary/aromatic N) is 2. The van der Waals surface area contributed by atoms with E-state index in [1.54, 1.807) is 0 Å². The number of fused-ring (bicyclic) bond motifs is 7. The van der Waals surface area contributed by atoms with Crippen LogP contribution in [0.1, 0.15) is 11.1 Å². The van der Waals surface area contributed by atoms with Crippen molar-refractivity contribution in [3.05, 3.63) is 83.9 Å². The van der Waals surface area contributed by atoms with Crippen LogP contribution in [0.25, 0.3) is 32.7 Å². The van der Waals surface area contributed by atoms with Gasteiger partial charge in [0.2, 0.25) is 0 Å². The Morgan fingerprint density at radius 1 is 0.560 bits per heavy atom. The van der Waals surface area contributed by atoms with E-state index in [1.165, 1.54) is 43.8 Å². The predicted octanol–water partition coefficient (Wildman–Crippen LogP) is 5.85. The quantitative estimate of drug-likeness (QED) is 0.388. The molecule has 0 saturated heterocycles. The second-order valence-electron chi connectivity index (χ2n) is 6.37. The predicted molar refractivity (Wildman–Crippen MR) is 104 cm³/mol. The summed E-state index contributed by atoms with van der Waals surface area (Å²) < 4.78 is 0. The van der Waals surface area contributed by atoms with Gasteiger partial charge in [0.25, 0.3) is 0 Å². The van der Waals surface area contributed by atoms with E-state index in [0.29, 0.717) is 13.1 Å². The highest BCUT2D eigenvalue weighted by Gasteiger charge is 2.16. The van der Waals surface area contributed by atoms with Crippen LogP contribution in [-0.2, 0) is 13.1 Å². The molecule has 1 aliphatic heterocycles. The zero-order chi connectivity index (χ0) is 16.6. The Kier molecular flexibility index (Phi) is 3.22. The fraction of sp³-hybridized carbons (Fsp3) is 0.0870. The monoisotopic (exact) mass is 320 g/mol. The van der Waals surface area contributed by atoms with Crippen molar-refractivity contribution in [1.29, 1.82) is 0 Å². The van der Waals surface area contributed by atoms with E-state index in [0.717, 1.165) is 0 Å². The van der Waals surface area contributed by atoms with Gasteiger partial charge < -0.3 is 0 Å². The van der Waals surface area contributed by atoms with Gasteiger partial charge in [0.1, 0.15) is 0 Å². The number of rotatable bonds is 0. The van der Waals surface area contributed by atoms with Crippen LogP contribution in [0.15, 0.2) is 82.8 Å². The first-order valence-electron chi connectivity index (χ1n) is 8.51. The average molecular weight is 320 g/mol. The summed E-state index contributed by atoms with van der Waals surface area (Å²) in [6, 6.07) is 28.8. The molecule has 0 atom stereocenters. The molecule has 0 N–H and O–H groups in total. The molecule has 0 unspecified atom stereocenters. The van der Waals surface area contributed by atoms with Gasteiger partial charge >= 0.3 is 0 Å². The van der Waals surface area contributed by atoms with Crippen LogP contribution in [0.5, 0.6) is 0 Å². The Morgan fingerprint density at radius 2 is 1.04 bits per heavy atom. The lowest BCUT2D eigenvalue weighted by Gasteiger charge is -2.17. The van der Waals surface area contributed by atoms with Crippen molar-refractivity contribution in [3.63, 3.8) is 0 Å². The van der Waals surface area contributed by atoms with Gasteiger partial charge in [-0.15, -0.1) is 0 Å². The van der Waals surface area contributed by atoms with Crippen molar-refractivity contribution >= 4 is 27.6 Å². The van der Waals surface area contributed by atoms with Crippen molar-refractivity contribution in [2.75, 3.05) is 0 Å².